The molecule has 2 rings (SSSR count). The van der Waals surface area contributed by atoms with Crippen LogP contribution < -0.4 is 10.1 Å². The molecule has 1 aliphatic rings. The van der Waals surface area contributed by atoms with E-state index in [1.54, 1.807) is 6.92 Å². The minimum absolute atomic E-state index is 0.0341. The summed E-state index contributed by atoms with van der Waals surface area (Å²) in [5.74, 6) is -0.361. The maximum atomic E-state index is 12.4. The van der Waals surface area contributed by atoms with Crippen LogP contribution in [0.3, 0.4) is 0 Å². The van der Waals surface area contributed by atoms with Gasteiger partial charge in [-0.25, -0.2) is 0 Å². The van der Waals surface area contributed by atoms with Crippen molar-refractivity contribution < 1.29 is 18.3 Å². The number of nitrogens with zero attached hydrogens (tertiary/aromatic N) is 1. The number of rotatable bonds is 5. The molecule has 1 N–H and O–H groups in total. The van der Waals surface area contributed by atoms with Crippen LogP contribution in [-0.2, 0) is 0 Å². The van der Waals surface area contributed by atoms with Crippen molar-refractivity contribution >= 4 is 17.2 Å². The molecule has 1 amide bonds. The van der Waals surface area contributed by atoms with Crippen molar-refractivity contribution in [3.8, 4) is 5.75 Å². The highest BCUT2D eigenvalue weighted by Crippen LogP contribution is 2.30. The molecule has 118 valence electrons. The lowest BCUT2D eigenvalue weighted by Crippen LogP contribution is -2.47. The molecule has 1 aromatic rings. The third kappa shape index (κ3) is 4.38. The van der Waals surface area contributed by atoms with E-state index in [2.05, 4.69) is 21.9 Å². The summed E-state index contributed by atoms with van der Waals surface area (Å²) in [7, 11) is 0. The van der Waals surface area contributed by atoms with Crippen LogP contribution in [-0.4, -0.2) is 43.1 Å². The highest BCUT2D eigenvalue weighted by molar-refractivity contribution is 7.14. The lowest BCUT2D eigenvalue weighted by atomic mass is 10.1. The fraction of sp³-hybridized carbons (Fsp3) is 0.643. The lowest BCUT2D eigenvalue weighted by Gasteiger charge is -2.32. The number of carbonyl (C=O) groups excluding carboxylic acids is 1. The van der Waals surface area contributed by atoms with Gasteiger partial charge in [0.05, 0.1) is 0 Å². The Labute approximate surface area is 127 Å². The van der Waals surface area contributed by atoms with Gasteiger partial charge in [0.25, 0.3) is 5.91 Å². The normalized spacial score (nSPS) is 19.8. The van der Waals surface area contributed by atoms with Gasteiger partial charge >= 0.3 is 6.61 Å². The number of hydrogen-bond acceptors (Lipinski definition) is 4. The second-order valence-corrected chi connectivity index (χ2v) is 6.39. The van der Waals surface area contributed by atoms with E-state index in [1.807, 2.05) is 0 Å². The Hall–Kier alpha value is -1.21. The fourth-order valence-electron chi connectivity index (χ4n) is 2.54. The molecule has 1 aromatic heterocycles. The number of alkyl halides is 2. The SMILES string of the molecule is CCN1CCCC(NC(=O)c2sc(C)cc2OC(F)F)C1. The van der Waals surface area contributed by atoms with Gasteiger partial charge in [0, 0.05) is 17.5 Å². The van der Waals surface area contributed by atoms with Crippen LogP contribution in [0.5, 0.6) is 5.75 Å². The summed E-state index contributed by atoms with van der Waals surface area (Å²) < 4.78 is 29.2. The second-order valence-electron chi connectivity index (χ2n) is 5.13. The summed E-state index contributed by atoms with van der Waals surface area (Å²) in [6.45, 7) is 3.72. The molecule has 0 radical (unpaired) electrons. The van der Waals surface area contributed by atoms with Gasteiger partial charge in [-0.1, -0.05) is 6.92 Å². The second kappa shape index (κ2) is 7.17. The minimum Gasteiger partial charge on any atom is -0.433 e. The first-order chi connectivity index (χ1) is 9.99. The van der Waals surface area contributed by atoms with Crippen molar-refractivity contribution in [2.24, 2.45) is 0 Å². The fourth-order valence-corrected chi connectivity index (χ4v) is 3.39. The number of carbonyl (C=O) groups is 1. The largest absolute Gasteiger partial charge is 0.433 e. The first-order valence-electron chi connectivity index (χ1n) is 7.08. The molecule has 1 aliphatic heterocycles. The van der Waals surface area contributed by atoms with Crippen LogP contribution in [0.1, 0.15) is 34.3 Å². The average molecular weight is 318 g/mol. The van der Waals surface area contributed by atoms with Crippen LogP contribution in [0, 0.1) is 6.92 Å². The Morgan fingerprint density at radius 1 is 1.62 bits per heavy atom. The molecule has 21 heavy (non-hydrogen) atoms. The molecule has 1 unspecified atom stereocenters. The molecular weight excluding hydrogens is 298 g/mol. The number of halogens is 2. The van der Waals surface area contributed by atoms with Crippen LogP contribution in [0.4, 0.5) is 8.78 Å². The summed E-state index contributed by atoms with van der Waals surface area (Å²) in [6, 6.07) is 1.54. The lowest BCUT2D eigenvalue weighted by molar-refractivity contribution is -0.0498. The maximum absolute atomic E-state index is 12.4. The summed E-state index contributed by atoms with van der Waals surface area (Å²) in [6.07, 6.45) is 1.94. The summed E-state index contributed by atoms with van der Waals surface area (Å²) >= 11 is 1.18. The zero-order chi connectivity index (χ0) is 15.4. The van der Waals surface area contributed by atoms with Gasteiger partial charge in [0.1, 0.15) is 10.6 Å². The molecule has 0 bridgehead atoms. The van der Waals surface area contributed by atoms with Gasteiger partial charge in [-0.15, -0.1) is 11.3 Å². The number of ether oxygens (including phenoxy) is 1. The smallest absolute Gasteiger partial charge is 0.387 e. The van der Waals surface area contributed by atoms with Crippen LogP contribution in [0.15, 0.2) is 6.07 Å². The molecule has 7 heteroatoms. The summed E-state index contributed by atoms with van der Waals surface area (Å²) in [5.41, 5.74) is 0. The van der Waals surface area contributed by atoms with E-state index in [0.717, 1.165) is 37.4 Å². The van der Waals surface area contributed by atoms with Crippen molar-refractivity contribution in [2.45, 2.75) is 39.3 Å². The molecule has 1 fully saturated rings. The first-order valence-corrected chi connectivity index (χ1v) is 7.89. The molecular formula is C14H20F2N2O2S. The topological polar surface area (TPSA) is 41.6 Å². The Morgan fingerprint density at radius 2 is 2.38 bits per heavy atom. The number of likely N-dealkylation sites (tertiary alicyclic amines) is 1. The predicted octanol–water partition coefficient (Wildman–Crippen LogP) is 2.87. The van der Waals surface area contributed by atoms with E-state index in [-0.39, 0.29) is 22.6 Å². The van der Waals surface area contributed by atoms with E-state index < -0.39 is 6.61 Å². The number of nitrogens with one attached hydrogen (secondary N) is 1. The molecule has 4 nitrogen and oxygen atoms in total. The van der Waals surface area contributed by atoms with Crippen molar-refractivity contribution in [1.82, 2.24) is 10.2 Å². The predicted molar refractivity (Wildman–Crippen MR) is 78.3 cm³/mol. The summed E-state index contributed by atoms with van der Waals surface area (Å²) in [4.78, 5) is 15.5. The van der Waals surface area contributed by atoms with Crippen molar-refractivity contribution in [3.05, 3.63) is 15.8 Å². The number of thiophene rings is 1. The molecule has 0 saturated carbocycles. The highest BCUT2D eigenvalue weighted by atomic mass is 32.1. The Morgan fingerprint density at radius 3 is 3.05 bits per heavy atom. The standard InChI is InChI=1S/C14H20F2N2O2S/c1-3-18-6-4-5-10(8-18)17-13(19)12-11(20-14(15)16)7-9(2)21-12/h7,10,14H,3-6,8H2,1-2H3,(H,17,19). The van der Waals surface area contributed by atoms with E-state index >= 15 is 0 Å². The van der Waals surface area contributed by atoms with Gasteiger partial charge in [-0.3, -0.25) is 4.79 Å². The first kappa shape index (κ1) is 16.2. The quantitative estimate of drug-likeness (QED) is 0.908. The molecule has 0 aromatic carbocycles. The zero-order valence-corrected chi connectivity index (χ0v) is 13.0. The molecule has 2 heterocycles. The minimum atomic E-state index is -2.92. The van der Waals surface area contributed by atoms with E-state index in [1.165, 1.54) is 17.4 Å². The molecule has 1 atom stereocenters. The van der Waals surface area contributed by atoms with E-state index in [9.17, 15) is 13.6 Å². The van der Waals surface area contributed by atoms with Gasteiger partial charge in [-0.05, 0) is 38.9 Å². The monoisotopic (exact) mass is 318 g/mol. The molecule has 0 spiro atoms. The van der Waals surface area contributed by atoms with E-state index in [0.29, 0.717) is 0 Å². The number of hydrogen-bond donors (Lipinski definition) is 1. The van der Waals surface area contributed by atoms with Crippen LogP contribution in [0.2, 0.25) is 0 Å². The van der Waals surface area contributed by atoms with Gasteiger partial charge in [-0.2, -0.15) is 8.78 Å². The van der Waals surface area contributed by atoms with E-state index in [4.69, 9.17) is 0 Å². The third-order valence-electron chi connectivity index (χ3n) is 3.53. The van der Waals surface area contributed by atoms with Gasteiger partial charge in [0.2, 0.25) is 0 Å². The van der Waals surface area contributed by atoms with Crippen molar-refractivity contribution in [3.63, 3.8) is 0 Å². The van der Waals surface area contributed by atoms with Gasteiger partial charge < -0.3 is 15.0 Å². The number of amides is 1. The van der Waals surface area contributed by atoms with Crippen molar-refractivity contribution in [2.75, 3.05) is 19.6 Å². The zero-order valence-electron chi connectivity index (χ0n) is 12.2. The van der Waals surface area contributed by atoms with Crippen LogP contribution >= 0.6 is 11.3 Å². The number of piperidine rings is 1. The highest BCUT2D eigenvalue weighted by Gasteiger charge is 2.24. The van der Waals surface area contributed by atoms with Crippen LogP contribution in [0.25, 0.3) is 0 Å². The Bertz CT molecular complexity index is 493. The Kier molecular flexibility index (Phi) is 5.52. The maximum Gasteiger partial charge on any atom is 0.387 e. The van der Waals surface area contributed by atoms with Gasteiger partial charge in [0.15, 0.2) is 0 Å². The number of aryl methyl sites for hydroxylation is 1. The molecule has 1 saturated heterocycles. The Balaban J connectivity index is 2.02. The van der Waals surface area contributed by atoms with Crippen molar-refractivity contribution in [1.29, 1.82) is 0 Å². The molecule has 0 aliphatic carbocycles. The summed E-state index contributed by atoms with van der Waals surface area (Å²) in [5, 5.41) is 2.93. The number of likely N-dealkylation sites (N-methyl/N-ethyl adjacent to an activating group) is 1. The average Bonchev–Trinajstić information content (AvgIpc) is 2.79. The third-order valence-corrected chi connectivity index (χ3v) is 4.56.